The second-order valence-electron chi connectivity index (χ2n) is 6.21. The van der Waals surface area contributed by atoms with Crippen LogP contribution in [0.1, 0.15) is 37.5 Å². The van der Waals surface area contributed by atoms with Crippen molar-refractivity contribution >= 4 is 0 Å². The van der Waals surface area contributed by atoms with Gasteiger partial charge >= 0.3 is 0 Å². The first-order valence-electron chi connectivity index (χ1n) is 7.53. The lowest BCUT2D eigenvalue weighted by molar-refractivity contribution is 0.406. The summed E-state index contributed by atoms with van der Waals surface area (Å²) in [4.78, 5) is 0. The monoisotopic (exact) mass is 285 g/mol. The second-order valence-corrected chi connectivity index (χ2v) is 6.21. The Morgan fingerprint density at radius 1 is 0.952 bits per heavy atom. The SMILES string of the molecule is CCc1ccc(CC(N)C(C)(C)c2ccc(F)cc2)cc1. The summed E-state index contributed by atoms with van der Waals surface area (Å²) in [5.74, 6) is -0.210. The summed E-state index contributed by atoms with van der Waals surface area (Å²) in [6, 6.07) is 15.3. The fraction of sp³-hybridized carbons (Fsp3) is 0.368. The Balaban J connectivity index is 2.13. The first-order chi connectivity index (χ1) is 9.93. The van der Waals surface area contributed by atoms with Gasteiger partial charge in [0, 0.05) is 11.5 Å². The molecule has 2 heteroatoms. The van der Waals surface area contributed by atoms with Crippen LogP contribution in [0.25, 0.3) is 0 Å². The number of rotatable bonds is 5. The van der Waals surface area contributed by atoms with Gasteiger partial charge in [-0.3, -0.25) is 0 Å². The molecule has 0 bridgehead atoms. The molecule has 1 atom stereocenters. The molecule has 2 rings (SSSR count). The Bertz CT molecular complexity index is 570. The maximum absolute atomic E-state index is 13.1. The maximum Gasteiger partial charge on any atom is 0.123 e. The van der Waals surface area contributed by atoms with E-state index in [9.17, 15) is 4.39 Å². The molecule has 0 fully saturated rings. The van der Waals surface area contributed by atoms with Crippen LogP contribution in [-0.4, -0.2) is 6.04 Å². The number of benzene rings is 2. The van der Waals surface area contributed by atoms with Crippen molar-refractivity contribution in [1.82, 2.24) is 0 Å². The van der Waals surface area contributed by atoms with E-state index in [1.807, 2.05) is 12.1 Å². The van der Waals surface area contributed by atoms with Gasteiger partial charge in [-0.05, 0) is 41.7 Å². The van der Waals surface area contributed by atoms with Gasteiger partial charge in [-0.2, -0.15) is 0 Å². The average molecular weight is 285 g/mol. The Hall–Kier alpha value is -1.67. The fourth-order valence-corrected chi connectivity index (χ4v) is 2.51. The van der Waals surface area contributed by atoms with Crippen LogP contribution < -0.4 is 5.73 Å². The van der Waals surface area contributed by atoms with Gasteiger partial charge in [-0.25, -0.2) is 4.39 Å². The molecule has 0 spiro atoms. The van der Waals surface area contributed by atoms with Crippen molar-refractivity contribution in [3.8, 4) is 0 Å². The molecule has 112 valence electrons. The van der Waals surface area contributed by atoms with Gasteiger partial charge in [0.1, 0.15) is 5.82 Å². The molecule has 2 aromatic rings. The molecule has 1 unspecified atom stereocenters. The normalized spacial score (nSPS) is 13.2. The zero-order valence-corrected chi connectivity index (χ0v) is 13.1. The van der Waals surface area contributed by atoms with E-state index in [1.54, 1.807) is 0 Å². The molecular weight excluding hydrogens is 261 g/mol. The Morgan fingerprint density at radius 2 is 1.48 bits per heavy atom. The van der Waals surface area contributed by atoms with E-state index in [0.29, 0.717) is 0 Å². The van der Waals surface area contributed by atoms with Crippen LogP contribution in [0.15, 0.2) is 48.5 Å². The van der Waals surface area contributed by atoms with Crippen LogP contribution in [0, 0.1) is 5.82 Å². The summed E-state index contributed by atoms with van der Waals surface area (Å²) >= 11 is 0. The lowest BCUT2D eigenvalue weighted by Gasteiger charge is -2.32. The van der Waals surface area contributed by atoms with Crippen molar-refractivity contribution in [3.63, 3.8) is 0 Å². The zero-order chi connectivity index (χ0) is 15.5. The number of hydrogen-bond acceptors (Lipinski definition) is 1. The van der Waals surface area contributed by atoms with Crippen molar-refractivity contribution in [2.45, 2.75) is 45.1 Å². The second kappa shape index (κ2) is 6.40. The molecule has 0 aliphatic carbocycles. The quantitative estimate of drug-likeness (QED) is 0.874. The van der Waals surface area contributed by atoms with Crippen LogP contribution in [0.2, 0.25) is 0 Å². The van der Waals surface area contributed by atoms with E-state index in [2.05, 4.69) is 45.0 Å². The van der Waals surface area contributed by atoms with Crippen LogP contribution in [0.4, 0.5) is 4.39 Å². The number of hydrogen-bond donors (Lipinski definition) is 1. The number of halogens is 1. The summed E-state index contributed by atoms with van der Waals surface area (Å²) in [7, 11) is 0. The lowest BCUT2D eigenvalue weighted by Crippen LogP contribution is -2.42. The smallest absolute Gasteiger partial charge is 0.123 e. The highest BCUT2D eigenvalue weighted by atomic mass is 19.1. The van der Waals surface area contributed by atoms with E-state index in [4.69, 9.17) is 5.73 Å². The first-order valence-corrected chi connectivity index (χ1v) is 7.53. The third-order valence-corrected chi connectivity index (χ3v) is 4.40. The summed E-state index contributed by atoms with van der Waals surface area (Å²) in [6.45, 7) is 6.38. The van der Waals surface area contributed by atoms with Gasteiger partial charge in [-0.15, -0.1) is 0 Å². The van der Waals surface area contributed by atoms with E-state index in [-0.39, 0.29) is 17.3 Å². The predicted octanol–water partition coefficient (Wildman–Crippen LogP) is 4.24. The highest BCUT2D eigenvalue weighted by molar-refractivity contribution is 5.29. The lowest BCUT2D eigenvalue weighted by atomic mass is 9.76. The van der Waals surface area contributed by atoms with Gasteiger partial charge in [0.25, 0.3) is 0 Å². The summed E-state index contributed by atoms with van der Waals surface area (Å²) in [6.07, 6.45) is 1.86. The predicted molar refractivity (Wildman–Crippen MR) is 86.9 cm³/mol. The summed E-state index contributed by atoms with van der Waals surface area (Å²) in [5, 5.41) is 0. The standard InChI is InChI=1S/C19H24FN/c1-4-14-5-7-15(8-6-14)13-18(21)19(2,3)16-9-11-17(20)12-10-16/h5-12,18H,4,13,21H2,1-3H3. The van der Waals surface area contributed by atoms with Crippen LogP contribution in [0.5, 0.6) is 0 Å². The fourth-order valence-electron chi connectivity index (χ4n) is 2.51. The maximum atomic E-state index is 13.1. The van der Waals surface area contributed by atoms with E-state index in [1.165, 1.54) is 23.3 Å². The minimum Gasteiger partial charge on any atom is -0.327 e. The average Bonchev–Trinajstić information content (AvgIpc) is 2.48. The molecule has 0 aromatic heterocycles. The molecule has 2 aromatic carbocycles. The van der Waals surface area contributed by atoms with Gasteiger partial charge in [0.05, 0.1) is 0 Å². The molecule has 21 heavy (non-hydrogen) atoms. The van der Waals surface area contributed by atoms with Crippen molar-refractivity contribution in [1.29, 1.82) is 0 Å². The molecule has 2 N–H and O–H groups in total. The highest BCUT2D eigenvalue weighted by Crippen LogP contribution is 2.28. The van der Waals surface area contributed by atoms with Crippen molar-refractivity contribution in [2.75, 3.05) is 0 Å². The summed E-state index contributed by atoms with van der Waals surface area (Å²) < 4.78 is 13.1. The molecule has 0 radical (unpaired) electrons. The van der Waals surface area contributed by atoms with Gasteiger partial charge in [-0.1, -0.05) is 57.2 Å². The highest BCUT2D eigenvalue weighted by Gasteiger charge is 2.28. The minimum absolute atomic E-state index is 0.0181. The molecule has 1 nitrogen and oxygen atoms in total. The van der Waals surface area contributed by atoms with Gasteiger partial charge in [0.15, 0.2) is 0 Å². The van der Waals surface area contributed by atoms with E-state index in [0.717, 1.165) is 18.4 Å². The molecule has 0 aliphatic heterocycles. The van der Waals surface area contributed by atoms with Crippen LogP contribution in [0.3, 0.4) is 0 Å². The molecule has 0 heterocycles. The third-order valence-electron chi connectivity index (χ3n) is 4.40. The third kappa shape index (κ3) is 3.70. The van der Waals surface area contributed by atoms with Crippen LogP contribution >= 0.6 is 0 Å². The van der Waals surface area contributed by atoms with Crippen molar-refractivity contribution in [2.24, 2.45) is 5.73 Å². The Kier molecular flexibility index (Phi) is 4.79. The van der Waals surface area contributed by atoms with Gasteiger partial charge in [0.2, 0.25) is 0 Å². The number of aryl methyl sites for hydroxylation is 1. The molecule has 0 saturated carbocycles. The molecule has 0 aliphatic rings. The topological polar surface area (TPSA) is 26.0 Å². The van der Waals surface area contributed by atoms with E-state index < -0.39 is 0 Å². The van der Waals surface area contributed by atoms with Crippen molar-refractivity contribution < 1.29 is 4.39 Å². The minimum atomic E-state index is -0.210. The molecule has 0 amide bonds. The first kappa shape index (κ1) is 15.7. The van der Waals surface area contributed by atoms with Crippen molar-refractivity contribution in [3.05, 3.63) is 71.0 Å². The number of nitrogens with two attached hydrogens (primary N) is 1. The Labute approximate surface area is 127 Å². The molecular formula is C19H24FN. The van der Waals surface area contributed by atoms with Gasteiger partial charge < -0.3 is 5.73 Å². The molecule has 0 saturated heterocycles. The largest absolute Gasteiger partial charge is 0.327 e. The zero-order valence-electron chi connectivity index (χ0n) is 13.1. The van der Waals surface area contributed by atoms with E-state index >= 15 is 0 Å². The summed E-state index contributed by atoms with van der Waals surface area (Å²) in [5.41, 5.74) is 9.89. The Morgan fingerprint density at radius 3 is 2.00 bits per heavy atom. The van der Waals surface area contributed by atoms with Crippen LogP contribution in [-0.2, 0) is 18.3 Å².